The van der Waals surface area contributed by atoms with E-state index in [2.05, 4.69) is 10.0 Å². The molecule has 1 atom stereocenters. The van der Waals surface area contributed by atoms with Crippen molar-refractivity contribution in [2.75, 3.05) is 22.0 Å². The average Bonchev–Trinajstić information content (AvgIpc) is 2.90. The monoisotopic (exact) mass is 387 g/mol. The molecule has 0 radical (unpaired) electrons. The molecule has 2 N–H and O–H groups in total. The number of carbonyl (C=O) groups is 2. The second-order valence-electron chi connectivity index (χ2n) is 6.49. The van der Waals surface area contributed by atoms with Gasteiger partial charge < -0.3 is 15.0 Å². The van der Waals surface area contributed by atoms with Crippen molar-refractivity contribution in [2.45, 2.75) is 24.3 Å². The zero-order valence-electron chi connectivity index (χ0n) is 14.6. The number of ether oxygens (including phenoxy) is 1. The molecule has 0 aliphatic carbocycles. The van der Waals surface area contributed by atoms with Gasteiger partial charge in [-0.15, -0.1) is 0 Å². The van der Waals surface area contributed by atoms with Crippen molar-refractivity contribution >= 4 is 38.9 Å². The van der Waals surface area contributed by atoms with Crippen LogP contribution in [0.5, 0.6) is 5.75 Å². The second kappa shape index (κ2) is 5.98. The molecule has 2 amide bonds. The third-order valence-electron chi connectivity index (χ3n) is 4.60. The van der Waals surface area contributed by atoms with Crippen LogP contribution < -0.4 is 19.7 Å². The van der Waals surface area contributed by atoms with Crippen molar-refractivity contribution in [3.05, 3.63) is 42.0 Å². The van der Waals surface area contributed by atoms with Crippen molar-refractivity contribution < 1.29 is 22.7 Å². The Balaban J connectivity index is 1.61. The van der Waals surface area contributed by atoms with Gasteiger partial charge in [0.15, 0.2) is 6.10 Å². The van der Waals surface area contributed by atoms with Crippen molar-refractivity contribution in [1.29, 1.82) is 0 Å². The van der Waals surface area contributed by atoms with Gasteiger partial charge in [-0.2, -0.15) is 0 Å². The van der Waals surface area contributed by atoms with E-state index in [1.54, 1.807) is 32.2 Å². The van der Waals surface area contributed by atoms with Gasteiger partial charge in [0, 0.05) is 12.7 Å². The van der Waals surface area contributed by atoms with Gasteiger partial charge >= 0.3 is 0 Å². The highest BCUT2D eigenvalue weighted by Crippen LogP contribution is 2.34. The van der Waals surface area contributed by atoms with Gasteiger partial charge in [-0.05, 0) is 48.9 Å². The lowest BCUT2D eigenvalue weighted by atomic mass is 10.2. The number of sulfonamides is 1. The third kappa shape index (κ3) is 2.99. The number of hydrogen-bond donors (Lipinski definition) is 2. The first-order chi connectivity index (χ1) is 12.7. The fourth-order valence-corrected chi connectivity index (χ4v) is 4.20. The molecule has 2 aliphatic heterocycles. The van der Waals surface area contributed by atoms with Crippen LogP contribution in [0.15, 0.2) is 41.3 Å². The predicted molar refractivity (Wildman–Crippen MR) is 99.5 cm³/mol. The van der Waals surface area contributed by atoms with E-state index < -0.39 is 16.1 Å². The molecule has 0 bridgehead atoms. The molecule has 2 aromatic rings. The van der Waals surface area contributed by atoms with E-state index in [1.165, 1.54) is 23.1 Å². The van der Waals surface area contributed by atoms with Crippen molar-refractivity contribution in [1.82, 2.24) is 0 Å². The number of carbonyl (C=O) groups excluding carboxylic acids is 2. The summed E-state index contributed by atoms with van der Waals surface area (Å²) in [6, 6.07) is 9.24. The smallest absolute Gasteiger partial charge is 0.265 e. The molecule has 9 heteroatoms. The van der Waals surface area contributed by atoms with Crippen LogP contribution in [-0.2, 0) is 26.0 Å². The molecule has 0 aromatic heterocycles. The van der Waals surface area contributed by atoms with Crippen LogP contribution in [0.1, 0.15) is 12.5 Å². The predicted octanol–water partition coefficient (Wildman–Crippen LogP) is 1.73. The minimum absolute atomic E-state index is 0.0657. The molecule has 2 aromatic carbocycles. The van der Waals surface area contributed by atoms with E-state index in [-0.39, 0.29) is 23.1 Å². The molecular weight excluding hydrogens is 370 g/mol. The first-order valence-corrected chi connectivity index (χ1v) is 9.77. The maximum Gasteiger partial charge on any atom is 0.265 e. The Hall–Kier alpha value is -3.07. The molecule has 8 nitrogen and oxygen atoms in total. The van der Waals surface area contributed by atoms with Crippen LogP contribution in [0.25, 0.3) is 0 Å². The summed E-state index contributed by atoms with van der Waals surface area (Å²) in [5.41, 5.74) is 2.08. The van der Waals surface area contributed by atoms with Crippen molar-refractivity contribution in [3.63, 3.8) is 0 Å². The van der Waals surface area contributed by atoms with Crippen LogP contribution in [0.3, 0.4) is 0 Å². The molecule has 27 heavy (non-hydrogen) atoms. The largest absolute Gasteiger partial charge is 0.479 e. The van der Waals surface area contributed by atoms with E-state index in [0.717, 1.165) is 0 Å². The molecule has 0 fully saturated rings. The van der Waals surface area contributed by atoms with Crippen LogP contribution in [0.2, 0.25) is 0 Å². The number of anilines is 3. The van der Waals surface area contributed by atoms with Gasteiger partial charge in [0.1, 0.15) is 5.75 Å². The molecule has 2 heterocycles. The van der Waals surface area contributed by atoms with Gasteiger partial charge in [0.2, 0.25) is 5.91 Å². The average molecular weight is 387 g/mol. The van der Waals surface area contributed by atoms with E-state index in [4.69, 9.17) is 4.74 Å². The Labute approximate surface area is 156 Å². The summed E-state index contributed by atoms with van der Waals surface area (Å²) in [6.45, 7) is 1.63. The summed E-state index contributed by atoms with van der Waals surface area (Å²) in [5, 5.41) is 2.68. The minimum atomic E-state index is -3.85. The van der Waals surface area contributed by atoms with Crippen LogP contribution in [-0.4, -0.2) is 33.4 Å². The highest BCUT2D eigenvalue weighted by Gasteiger charge is 2.27. The molecule has 0 saturated carbocycles. The van der Waals surface area contributed by atoms with Gasteiger partial charge in [-0.1, -0.05) is 0 Å². The summed E-state index contributed by atoms with van der Waals surface area (Å²) in [4.78, 5) is 25.1. The second-order valence-corrected chi connectivity index (χ2v) is 8.17. The van der Waals surface area contributed by atoms with Gasteiger partial charge in [0.25, 0.3) is 15.9 Å². The quantitative estimate of drug-likeness (QED) is 0.835. The SMILES string of the molecule is C[C@H]1Oc2ccc(NS(=O)(=O)c3ccc4c(c3)CC(=O)N4C)cc2NC1=O. The number of amides is 2. The summed E-state index contributed by atoms with van der Waals surface area (Å²) in [6.07, 6.45) is -0.428. The Morgan fingerprint density at radius 1 is 1.19 bits per heavy atom. The van der Waals surface area contributed by atoms with Gasteiger partial charge in [-0.25, -0.2) is 8.42 Å². The Kier molecular flexibility index (Phi) is 3.84. The zero-order chi connectivity index (χ0) is 19.3. The standard InChI is InChI=1S/C18H17N3O5S/c1-10-18(23)19-14-9-12(3-6-16(14)26-10)20-27(24,25)13-4-5-15-11(7-13)8-17(22)21(15)2/h3-7,9-10,20H,8H2,1-2H3,(H,19,23)/t10-/m1/s1. The molecule has 0 spiro atoms. The van der Waals surface area contributed by atoms with E-state index in [9.17, 15) is 18.0 Å². The number of benzene rings is 2. The van der Waals surface area contributed by atoms with E-state index in [1.807, 2.05) is 0 Å². The van der Waals surface area contributed by atoms with E-state index >= 15 is 0 Å². The Morgan fingerprint density at radius 3 is 2.74 bits per heavy atom. The van der Waals surface area contributed by atoms with Crippen LogP contribution >= 0.6 is 0 Å². The number of nitrogens with zero attached hydrogens (tertiary/aromatic N) is 1. The maximum absolute atomic E-state index is 12.7. The Morgan fingerprint density at radius 2 is 1.96 bits per heavy atom. The highest BCUT2D eigenvalue weighted by molar-refractivity contribution is 7.92. The number of nitrogens with one attached hydrogen (secondary N) is 2. The van der Waals surface area contributed by atoms with Crippen LogP contribution in [0, 0.1) is 0 Å². The highest BCUT2D eigenvalue weighted by atomic mass is 32.2. The van der Waals surface area contributed by atoms with Gasteiger partial charge in [-0.3, -0.25) is 14.3 Å². The zero-order valence-corrected chi connectivity index (χ0v) is 15.5. The lowest BCUT2D eigenvalue weighted by Gasteiger charge is -2.23. The number of fused-ring (bicyclic) bond motifs is 2. The molecule has 140 valence electrons. The molecule has 4 rings (SSSR count). The number of hydrogen-bond acceptors (Lipinski definition) is 5. The fraction of sp³-hybridized carbons (Fsp3) is 0.222. The van der Waals surface area contributed by atoms with Crippen molar-refractivity contribution in [3.8, 4) is 5.75 Å². The summed E-state index contributed by atoms with van der Waals surface area (Å²) in [7, 11) is -2.20. The summed E-state index contributed by atoms with van der Waals surface area (Å²) >= 11 is 0. The minimum Gasteiger partial charge on any atom is -0.479 e. The maximum atomic E-state index is 12.7. The summed E-state index contributed by atoms with van der Waals surface area (Å²) < 4.78 is 33.4. The fourth-order valence-electron chi connectivity index (χ4n) is 3.10. The molecule has 2 aliphatic rings. The number of rotatable bonds is 3. The third-order valence-corrected chi connectivity index (χ3v) is 5.98. The first kappa shape index (κ1) is 17.3. The molecule has 0 unspecified atom stereocenters. The lowest BCUT2D eigenvalue weighted by Crippen LogP contribution is -2.34. The normalized spacial score (nSPS) is 18.4. The Bertz CT molecular complexity index is 1080. The molecule has 0 saturated heterocycles. The topological polar surface area (TPSA) is 105 Å². The first-order valence-electron chi connectivity index (χ1n) is 8.28. The molecular formula is C18H17N3O5S. The van der Waals surface area contributed by atoms with Crippen molar-refractivity contribution in [2.24, 2.45) is 0 Å². The van der Waals surface area contributed by atoms with Crippen LogP contribution in [0.4, 0.5) is 17.1 Å². The number of likely N-dealkylation sites (N-methyl/N-ethyl adjacent to an activating group) is 1. The van der Waals surface area contributed by atoms with E-state index in [0.29, 0.717) is 28.4 Å². The van der Waals surface area contributed by atoms with Gasteiger partial charge in [0.05, 0.1) is 22.7 Å². The lowest BCUT2D eigenvalue weighted by molar-refractivity contribution is -0.122. The summed E-state index contributed by atoms with van der Waals surface area (Å²) in [5.74, 6) is 0.103.